The molecular formula is C16H14F3NO2. The number of hydrogen-bond acceptors (Lipinski definition) is 3. The van der Waals surface area contributed by atoms with Gasteiger partial charge in [0, 0.05) is 12.3 Å². The van der Waals surface area contributed by atoms with Gasteiger partial charge in [0.25, 0.3) is 0 Å². The van der Waals surface area contributed by atoms with Crippen LogP contribution >= 0.6 is 0 Å². The van der Waals surface area contributed by atoms with Crippen LogP contribution in [0.25, 0.3) is 0 Å². The van der Waals surface area contributed by atoms with Gasteiger partial charge in [-0.25, -0.2) is 4.98 Å². The zero-order chi connectivity index (χ0) is 15.7. The van der Waals surface area contributed by atoms with Crippen LogP contribution in [-0.4, -0.2) is 10.1 Å². The number of ether oxygens (including phenoxy) is 1. The summed E-state index contributed by atoms with van der Waals surface area (Å²) in [5.74, 6) is 0.533. The monoisotopic (exact) mass is 309 g/mol. The number of rotatable bonds is 2. The molecule has 1 N–H and O–H groups in total. The fourth-order valence-electron chi connectivity index (χ4n) is 2.54. The minimum absolute atomic E-state index is 0.0817. The molecule has 1 atom stereocenters. The summed E-state index contributed by atoms with van der Waals surface area (Å²) in [6, 6.07) is 7.43. The number of aliphatic hydroxyl groups excluding tert-OH is 1. The van der Waals surface area contributed by atoms with Crippen molar-refractivity contribution in [1.82, 2.24) is 4.98 Å². The predicted octanol–water partition coefficient (Wildman–Crippen LogP) is 4.26. The van der Waals surface area contributed by atoms with Gasteiger partial charge in [0.1, 0.15) is 5.75 Å². The summed E-state index contributed by atoms with van der Waals surface area (Å²) in [5, 5.41) is 9.98. The first kappa shape index (κ1) is 14.8. The van der Waals surface area contributed by atoms with Gasteiger partial charge in [0.2, 0.25) is 5.88 Å². The quantitative estimate of drug-likeness (QED) is 0.901. The Balaban J connectivity index is 1.80. The molecule has 0 fully saturated rings. The fourth-order valence-corrected chi connectivity index (χ4v) is 2.54. The van der Waals surface area contributed by atoms with Gasteiger partial charge in [-0.3, -0.25) is 0 Å². The molecule has 22 heavy (non-hydrogen) atoms. The fraction of sp³-hybridized carbons (Fsp3) is 0.312. The van der Waals surface area contributed by atoms with Crippen LogP contribution in [-0.2, 0) is 12.6 Å². The van der Waals surface area contributed by atoms with Gasteiger partial charge in [0.05, 0.1) is 11.7 Å². The van der Waals surface area contributed by atoms with Gasteiger partial charge in [-0.15, -0.1) is 0 Å². The number of aliphatic hydroxyl groups is 1. The summed E-state index contributed by atoms with van der Waals surface area (Å²) in [6.07, 6.45) is -1.65. The molecule has 1 aliphatic carbocycles. The largest absolute Gasteiger partial charge is 0.439 e. The Morgan fingerprint density at radius 2 is 2.00 bits per heavy atom. The molecule has 1 aromatic carbocycles. The first-order valence-electron chi connectivity index (χ1n) is 6.95. The molecule has 1 aromatic heterocycles. The van der Waals surface area contributed by atoms with Crippen molar-refractivity contribution in [2.75, 3.05) is 0 Å². The Hall–Kier alpha value is -2.08. The Kier molecular flexibility index (Phi) is 3.78. The molecule has 0 amide bonds. The number of pyridine rings is 1. The van der Waals surface area contributed by atoms with E-state index >= 15 is 0 Å². The van der Waals surface area contributed by atoms with Gasteiger partial charge >= 0.3 is 6.18 Å². The van der Waals surface area contributed by atoms with Gasteiger partial charge in [-0.05, 0) is 48.6 Å². The lowest BCUT2D eigenvalue weighted by atomic mass is 9.89. The van der Waals surface area contributed by atoms with E-state index < -0.39 is 17.8 Å². The van der Waals surface area contributed by atoms with Crippen molar-refractivity contribution < 1.29 is 23.0 Å². The molecule has 2 aromatic rings. The van der Waals surface area contributed by atoms with Crippen molar-refractivity contribution in [1.29, 1.82) is 0 Å². The summed E-state index contributed by atoms with van der Waals surface area (Å²) in [5.41, 5.74) is 1.07. The first-order valence-corrected chi connectivity index (χ1v) is 6.95. The number of aromatic nitrogens is 1. The third-order valence-electron chi connectivity index (χ3n) is 3.69. The molecule has 1 aliphatic rings. The second-order valence-electron chi connectivity index (χ2n) is 5.25. The minimum atomic E-state index is -4.42. The predicted molar refractivity (Wildman–Crippen MR) is 73.7 cm³/mol. The average Bonchev–Trinajstić information content (AvgIpc) is 2.48. The van der Waals surface area contributed by atoms with E-state index in [1.54, 1.807) is 12.1 Å². The molecular weight excluding hydrogens is 295 g/mol. The van der Waals surface area contributed by atoms with E-state index in [0.29, 0.717) is 12.2 Å². The zero-order valence-electron chi connectivity index (χ0n) is 11.6. The highest BCUT2D eigenvalue weighted by Gasteiger charge is 2.30. The van der Waals surface area contributed by atoms with E-state index in [0.717, 1.165) is 36.2 Å². The Labute approximate surface area is 125 Å². The average molecular weight is 309 g/mol. The number of aryl methyl sites for hydroxylation is 1. The SMILES string of the molecule is OC1CCCc2ccc(Oc3ccc(C(F)(F)F)cn3)cc21. The molecule has 116 valence electrons. The second kappa shape index (κ2) is 5.61. The number of alkyl halides is 3. The van der Waals surface area contributed by atoms with Crippen molar-refractivity contribution in [3.63, 3.8) is 0 Å². The second-order valence-corrected chi connectivity index (χ2v) is 5.25. The van der Waals surface area contributed by atoms with Crippen LogP contribution in [0, 0.1) is 0 Å². The number of nitrogens with zero attached hydrogens (tertiary/aromatic N) is 1. The Bertz CT molecular complexity index is 668. The lowest BCUT2D eigenvalue weighted by Crippen LogP contribution is -2.09. The van der Waals surface area contributed by atoms with Crippen LogP contribution in [0.4, 0.5) is 13.2 Å². The van der Waals surface area contributed by atoms with E-state index in [4.69, 9.17) is 4.74 Å². The van der Waals surface area contributed by atoms with Gasteiger partial charge in [-0.2, -0.15) is 13.2 Å². The lowest BCUT2D eigenvalue weighted by Gasteiger charge is -2.21. The molecule has 0 saturated heterocycles. The Morgan fingerprint density at radius 3 is 2.68 bits per heavy atom. The maximum atomic E-state index is 12.5. The van der Waals surface area contributed by atoms with E-state index in [1.807, 2.05) is 6.07 Å². The van der Waals surface area contributed by atoms with Crippen LogP contribution in [0.5, 0.6) is 11.6 Å². The van der Waals surface area contributed by atoms with Crippen LogP contribution in [0.1, 0.15) is 35.6 Å². The molecule has 3 rings (SSSR count). The van der Waals surface area contributed by atoms with Crippen molar-refractivity contribution in [2.45, 2.75) is 31.5 Å². The van der Waals surface area contributed by atoms with Crippen molar-refractivity contribution in [3.05, 3.63) is 53.2 Å². The number of hydrogen-bond donors (Lipinski definition) is 1. The van der Waals surface area contributed by atoms with Gasteiger partial charge in [0.15, 0.2) is 0 Å². The highest BCUT2D eigenvalue weighted by molar-refractivity contribution is 5.40. The van der Waals surface area contributed by atoms with Gasteiger partial charge in [-0.1, -0.05) is 6.07 Å². The molecule has 3 nitrogen and oxygen atoms in total. The normalized spacial score (nSPS) is 17.9. The van der Waals surface area contributed by atoms with Crippen molar-refractivity contribution >= 4 is 0 Å². The number of fused-ring (bicyclic) bond motifs is 1. The summed E-state index contributed by atoms with van der Waals surface area (Å²) in [4.78, 5) is 3.67. The number of benzene rings is 1. The summed E-state index contributed by atoms with van der Waals surface area (Å²) >= 11 is 0. The molecule has 0 aliphatic heterocycles. The molecule has 0 spiro atoms. The first-order chi connectivity index (χ1) is 10.4. The molecule has 0 saturated carbocycles. The topological polar surface area (TPSA) is 42.4 Å². The minimum Gasteiger partial charge on any atom is -0.439 e. The number of halogens is 3. The summed E-state index contributed by atoms with van der Waals surface area (Å²) < 4.78 is 42.9. The molecule has 1 heterocycles. The molecule has 0 bridgehead atoms. The lowest BCUT2D eigenvalue weighted by molar-refractivity contribution is -0.137. The summed E-state index contributed by atoms with van der Waals surface area (Å²) in [6.45, 7) is 0. The van der Waals surface area contributed by atoms with E-state index in [9.17, 15) is 18.3 Å². The molecule has 1 unspecified atom stereocenters. The molecule has 6 heteroatoms. The van der Waals surface area contributed by atoms with Crippen LogP contribution in [0.3, 0.4) is 0 Å². The molecule has 0 radical (unpaired) electrons. The van der Waals surface area contributed by atoms with E-state index in [-0.39, 0.29) is 5.88 Å². The van der Waals surface area contributed by atoms with Crippen LogP contribution in [0.2, 0.25) is 0 Å². The maximum absolute atomic E-state index is 12.5. The van der Waals surface area contributed by atoms with Gasteiger partial charge < -0.3 is 9.84 Å². The van der Waals surface area contributed by atoms with Crippen LogP contribution in [0.15, 0.2) is 36.5 Å². The van der Waals surface area contributed by atoms with Crippen molar-refractivity contribution in [3.8, 4) is 11.6 Å². The maximum Gasteiger partial charge on any atom is 0.417 e. The van der Waals surface area contributed by atoms with Crippen molar-refractivity contribution in [2.24, 2.45) is 0 Å². The summed E-state index contributed by atoms with van der Waals surface area (Å²) in [7, 11) is 0. The highest BCUT2D eigenvalue weighted by atomic mass is 19.4. The highest BCUT2D eigenvalue weighted by Crippen LogP contribution is 2.34. The smallest absolute Gasteiger partial charge is 0.417 e. The van der Waals surface area contributed by atoms with Crippen LogP contribution < -0.4 is 4.74 Å². The van der Waals surface area contributed by atoms with E-state index in [2.05, 4.69) is 4.98 Å². The third-order valence-corrected chi connectivity index (χ3v) is 3.69. The Morgan fingerprint density at radius 1 is 1.18 bits per heavy atom. The third kappa shape index (κ3) is 3.06. The zero-order valence-corrected chi connectivity index (χ0v) is 11.6. The van der Waals surface area contributed by atoms with E-state index in [1.165, 1.54) is 6.07 Å². The standard InChI is InChI=1S/C16H14F3NO2/c17-16(18,19)11-5-7-15(20-9-11)22-12-6-4-10-2-1-3-14(21)13(10)8-12/h4-9,14,21H,1-3H2.